The molecule has 4 aliphatic rings. The van der Waals surface area contributed by atoms with Gasteiger partial charge in [0.1, 0.15) is 50.8 Å². The molecule has 0 spiro atoms. The Bertz CT molecular complexity index is 2460. The third-order valence-electron chi connectivity index (χ3n) is 13.0. The fourth-order valence-corrected chi connectivity index (χ4v) is 10.9. The topological polar surface area (TPSA) is 245 Å². The number of nitrogens with one attached hydrogen (secondary N) is 5. The van der Waals surface area contributed by atoms with E-state index in [0.29, 0.717) is 106 Å². The fraction of sp³-hybridized carbons (Fsp3) is 0.511. The van der Waals surface area contributed by atoms with Crippen LogP contribution in [-0.2, 0) is 44.8 Å². The molecule has 2 aromatic heterocycles. The largest absolute Gasteiger partial charge is 0.455 e. The molecule has 6 heterocycles. The van der Waals surface area contributed by atoms with Gasteiger partial charge in [-0.3, -0.25) is 9.69 Å². The van der Waals surface area contributed by atoms with E-state index in [1.165, 1.54) is 14.2 Å². The summed E-state index contributed by atoms with van der Waals surface area (Å²) in [6.45, 7) is 3.48. The van der Waals surface area contributed by atoms with Gasteiger partial charge in [0, 0.05) is 57.1 Å². The van der Waals surface area contributed by atoms with Gasteiger partial charge in [-0.25, -0.2) is 28.0 Å². The summed E-state index contributed by atoms with van der Waals surface area (Å²) in [7, 11) is -1.43. The number of unbranched alkanes of at least 4 members (excludes halogenated alkanes) is 1. The molecule has 20 heteroatoms. The van der Waals surface area contributed by atoms with E-state index < -0.39 is 33.6 Å². The summed E-state index contributed by atoms with van der Waals surface area (Å²) in [5.41, 5.74) is 1.46. The number of amides is 3. The van der Waals surface area contributed by atoms with Crippen LogP contribution in [0, 0.1) is 11.8 Å². The molecule has 3 saturated heterocycles. The predicted molar refractivity (Wildman–Crippen MR) is 234 cm³/mol. The molecule has 4 aliphatic heterocycles. The molecule has 348 valence electrons. The molecule has 3 amide bonds. The molecular formula is C45H56N8O11S. The highest BCUT2D eigenvalue weighted by Crippen LogP contribution is 2.45. The molecule has 8 rings (SSSR count). The zero-order valence-electron chi connectivity index (χ0n) is 36.6. The first-order valence-electron chi connectivity index (χ1n) is 22.2. The Morgan fingerprint density at radius 3 is 2.34 bits per heavy atom. The lowest BCUT2D eigenvalue weighted by atomic mass is 9.79. The Labute approximate surface area is 377 Å². The van der Waals surface area contributed by atoms with Crippen molar-refractivity contribution in [2.45, 2.75) is 85.2 Å². The van der Waals surface area contributed by atoms with Gasteiger partial charge in [-0.05, 0) is 100 Å². The maximum atomic E-state index is 14.1. The number of aromatic amines is 2. The lowest BCUT2D eigenvalue weighted by molar-refractivity contribution is -0.125. The highest BCUT2D eigenvalue weighted by atomic mass is 32.2. The zero-order valence-corrected chi connectivity index (χ0v) is 37.4. The highest BCUT2D eigenvalue weighted by molar-refractivity contribution is 7.91. The second-order valence-corrected chi connectivity index (χ2v) is 18.8. The van der Waals surface area contributed by atoms with Crippen LogP contribution in [0.2, 0.25) is 0 Å². The molecule has 5 N–H and O–H groups in total. The number of rotatable bonds is 16. The maximum absolute atomic E-state index is 14.1. The molecule has 0 saturated carbocycles. The van der Waals surface area contributed by atoms with E-state index >= 15 is 0 Å². The molecule has 3 unspecified atom stereocenters. The minimum Gasteiger partial charge on any atom is -0.455 e. The minimum atomic E-state index is -3.98. The first-order valence-corrected chi connectivity index (χ1v) is 23.6. The quantitative estimate of drug-likeness (QED) is 0.0657. The van der Waals surface area contributed by atoms with Crippen LogP contribution in [0.3, 0.4) is 0 Å². The van der Waals surface area contributed by atoms with Crippen molar-refractivity contribution in [3.8, 4) is 34.0 Å². The maximum Gasteiger partial charge on any atom is 0.407 e. The number of aldehydes is 1. The number of methoxy groups -OCH3 is 2. The number of aryl methyl sites for hydroxylation is 1. The van der Waals surface area contributed by atoms with Gasteiger partial charge in [0.05, 0.1) is 44.0 Å². The van der Waals surface area contributed by atoms with Gasteiger partial charge in [0.15, 0.2) is 0 Å². The third-order valence-corrected chi connectivity index (χ3v) is 14.8. The van der Waals surface area contributed by atoms with E-state index in [2.05, 4.69) is 35.8 Å². The number of imidazole rings is 2. The van der Waals surface area contributed by atoms with Crippen molar-refractivity contribution in [2.75, 3.05) is 60.3 Å². The third kappa shape index (κ3) is 10.0. The van der Waals surface area contributed by atoms with Crippen molar-refractivity contribution in [3.05, 3.63) is 60.4 Å². The number of fused-ring (bicyclic) bond motifs is 2. The van der Waals surface area contributed by atoms with Crippen LogP contribution in [0.4, 0.5) is 9.59 Å². The number of alkyl carbamates (subject to hydrolysis) is 2. The first kappa shape index (κ1) is 45.7. The van der Waals surface area contributed by atoms with Crippen molar-refractivity contribution >= 4 is 34.2 Å². The summed E-state index contributed by atoms with van der Waals surface area (Å²) in [6.07, 6.45) is 9.16. The number of carbonyl (C=O) groups is 4. The molecule has 19 nitrogen and oxygen atoms in total. The van der Waals surface area contributed by atoms with E-state index in [4.69, 9.17) is 28.7 Å². The standard InChI is InChI=1S/C45H56N8O11S/c1-60-43(56)51-40(28-12-18-62-19-13-28)42(55)46-16-4-3-7-39-47-24-32(49-39)29-9-11-37-36(22-29)64-35-10-8-30(23-38(35)65(37,58)59)33-25-48-41(50-33)34-6-5-17-53(34)26-45(27-54,52-44(57)61-2)31-14-20-63-21-15-31/h8-11,22-25,27-28,31,34,40H,3-7,12-21,26H2,1-2H3,(H,46,55)(H,47,49)(H,48,50)(H,51,56)(H,52,57). The van der Waals surface area contributed by atoms with Crippen LogP contribution in [0.5, 0.6) is 11.5 Å². The average Bonchev–Trinajstić information content (AvgIpc) is 4.13. The van der Waals surface area contributed by atoms with Crippen LogP contribution in [0.15, 0.2) is 58.6 Å². The number of hydrogen-bond acceptors (Lipinski definition) is 14. The van der Waals surface area contributed by atoms with E-state index in [9.17, 15) is 27.6 Å². The summed E-state index contributed by atoms with van der Waals surface area (Å²) in [4.78, 5) is 68.5. The number of ether oxygens (including phenoxy) is 5. The molecule has 3 atom stereocenters. The summed E-state index contributed by atoms with van der Waals surface area (Å²) in [5, 5.41) is 8.48. The zero-order chi connectivity index (χ0) is 45.6. The van der Waals surface area contributed by atoms with Gasteiger partial charge < -0.3 is 54.4 Å². The Morgan fingerprint density at radius 1 is 0.877 bits per heavy atom. The second-order valence-electron chi connectivity index (χ2n) is 17.0. The highest BCUT2D eigenvalue weighted by Gasteiger charge is 2.45. The van der Waals surface area contributed by atoms with Gasteiger partial charge in [-0.2, -0.15) is 0 Å². The number of nitrogens with zero attached hydrogens (tertiary/aromatic N) is 3. The van der Waals surface area contributed by atoms with Gasteiger partial charge in [0.25, 0.3) is 0 Å². The van der Waals surface area contributed by atoms with Crippen molar-refractivity contribution in [2.24, 2.45) is 11.8 Å². The molecule has 0 radical (unpaired) electrons. The van der Waals surface area contributed by atoms with Gasteiger partial charge in [0.2, 0.25) is 15.7 Å². The Hall–Kier alpha value is -5.83. The van der Waals surface area contributed by atoms with Crippen molar-refractivity contribution in [1.82, 2.24) is 40.8 Å². The molecule has 0 bridgehead atoms. The number of carbonyl (C=O) groups excluding carboxylic acids is 4. The van der Waals surface area contributed by atoms with Crippen LogP contribution in [0.1, 0.15) is 69.1 Å². The Morgan fingerprint density at radius 2 is 1.58 bits per heavy atom. The fourth-order valence-electron chi connectivity index (χ4n) is 9.39. The SMILES string of the molecule is COC(=O)NC(C(=O)NCCCCc1ncc(-c2ccc3c(c2)Oc2ccc(-c4cnc(C5CCCN5CC(C=O)(NC(=O)OC)C5CCOCC5)[nH]4)cc2S3(=O)=O)[nH]1)C1CCOCC1. The second kappa shape index (κ2) is 20.1. The van der Waals surface area contributed by atoms with Crippen LogP contribution < -0.4 is 20.7 Å². The summed E-state index contributed by atoms with van der Waals surface area (Å²) in [6, 6.07) is 9.09. The van der Waals surface area contributed by atoms with E-state index in [0.717, 1.165) is 31.4 Å². The summed E-state index contributed by atoms with van der Waals surface area (Å²) >= 11 is 0. The molecule has 3 fully saturated rings. The number of hydrogen-bond donors (Lipinski definition) is 5. The van der Waals surface area contributed by atoms with Crippen molar-refractivity contribution < 1.29 is 51.3 Å². The molecular weight excluding hydrogens is 861 g/mol. The van der Waals surface area contributed by atoms with E-state index in [1.54, 1.807) is 48.8 Å². The van der Waals surface area contributed by atoms with E-state index in [1.807, 2.05) is 0 Å². The molecule has 2 aromatic carbocycles. The molecule has 65 heavy (non-hydrogen) atoms. The lowest BCUT2D eigenvalue weighted by Crippen LogP contribution is -2.62. The average molecular weight is 917 g/mol. The minimum absolute atomic E-state index is 0.0354. The number of H-pyrrole nitrogens is 2. The normalized spacial score (nSPS) is 20.0. The van der Waals surface area contributed by atoms with Gasteiger partial charge >= 0.3 is 12.2 Å². The van der Waals surface area contributed by atoms with Gasteiger partial charge in [-0.15, -0.1) is 0 Å². The number of likely N-dealkylation sites (tertiary alicyclic amines) is 1. The van der Waals surface area contributed by atoms with Crippen LogP contribution >= 0.6 is 0 Å². The number of aromatic nitrogens is 4. The van der Waals surface area contributed by atoms with Crippen molar-refractivity contribution in [3.63, 3.8) is 0 Å². The summed E-state index contributed by atoms with van der Waals surface area (Å²) < 4.78 is 55.1. The predicted octanol–water partition coefficient (Wildman–Crippen LogP) is 4.85. The molecule has 4 aromatic rings. The Kier molecular flexibility index (Phi) is 14.2. The molecule has 0 aliphatic carbocycles. The van der Waals surface area contributed by atoms with E-state index in [-0.39, 0.29) is 51.6 Å². The number of sulfone groups is 1. The van der Waals surface area contributed by atoms with Crippen molar-refractivity contribution in [1.29, 1.82) is 0 Å². The summed E-state index contributed by atoms with van der Waals surface area (Å²) in [5.74, 6) is 1.41. The lowest BCUT2D eigenvalue weighted by Gasteiger charge is -2.42. The monoisotopic (exact) mass is 916 g/mol. The first-order chi connectivity index (χ1) is 31.5. The Balaban J connectivity index is 0.892. The smallest absolute Gasteiger partial charge is 0.407 e. The number of benzene rings is 2. The van der Waals surface area contributed by atoms with Gasteiger partial charge in [-0.1, -0.05) is 6.07 Å². The van der Waals surface area contributed by atoms with Crippen LogP contribution in [0.25, 0.3) is 22.5 Å². The van der Waals surface area contributed by atoms with Crippen LogP contribution in [-0.4, -0.2) is 129 Å².